The van der Waals surface area contributed by atoms with Gasteiger partial charge in [0.1, 0.15) is 5.75 Å². The van der Waals surface area contributed by atoms with Gasteiger partial charge in [0.15, 0.2) is 11.7 Å². The molecule has 1 N–H and O–H groups in total. The minimum Gasteiger partial charge on any atom is -0.497 e. The van der Waals surface area contributed by atoms with E-state index in [-0.39, 0.29) is 17.9 Å². The van der Waals surface area contributed by atoms with Crippen molar-refractivity contribution in [2.75, 3.05) is 20.2 Å². The minimum atomic E-state index is 0.0511. The van der Waals surface area contributed by atoms with Crippen molar-refractivity contribution in [3.05, 3.63) is 36.4 Å². The maximum Gasteiger partial charge on any atom is 0.223 e. The van der Waals surface area contributed by atoms with Crippen LogP contribution in [0.4, 0.5) is 0 Å². The molecule has 0 aliphatic carbocycles. The van der Waals surface area contributed by atoms with Crippen molar-refractivity contribution in [3.8, 4) is 17.1 Å². The molecule has 1 aromatic carbocycles. The molecule has 156 valence electrons. The first-order chi connectivity index (χ1) is 14.1. The molecule has 1 fully saturated rings. The summed E-state index contributed by atoms with van der Waals surface area (Å²) in [6, 6.07) is 7.61. The second-order valence-corrected chi connectivity index (χ2v) is 7.34. The van der Waals surface area contributed by atoms with E-state index < -0.39 is 0 Å². The van der Waals surface area contributed by atoms with E-state index in [1.807, 2.05) is 36.1 Å². The summed E-state index contributed by atoms with van der Waals surface area (Å²) in [6.07, 6.45) is 5.67. The Kier molecular flexibility index (Phi) is 7.27. The van der Waals surface area contributed by atoms with E-state index in [0.717, 1.165) is 37.1 Å². The van der Waals surface area contributed by atoms with Gasteiger partial charge in [-0.05, 0) is 43.5 Å². The zero-order chi connectivity index (χ0) is 20.6. The van der Waals surface area contributed by atoms with Crippen LogP contribution in [-0.4, -0.2) is 47.9 Å². The van der Waals surface area contributed by atoms with Crippen molar-refractivity contribution in [2.45, 2.75) is 51.5 Å². The summed E-state index contributed by atoms with van der Waals surface area (Å²) in [4.78, 5) is 30.6. The summed E-state index contributed by atoms with van der Waals surface area (Å²) in [5, 5.41) is 3.04. The van der Waals surface area contributed by atoms with Gasteiger partial charge in [-0.2, -0.15) is 0 Å². The van der Waals surface area contributed by atoms with E-state index in [1.54, 1.807) is 13.3 Å². The van der Waals surface area contributed by atoms with Crippen LogP contribution in [0.1, 0.15) is 44.9 Å². The fourth-order valence-corrected chi connectivity index (χ4v) is 3.53. The summed E-state index contributed by atoms with van der Waals surface area (Å²) >= 11 is 0. The Hall–Kier alpha value is -2.83. The van der Waals surface area contributed by atoms with Crippen LogP contribution in [0.2, 0.25) is 0 Å². The number of nitrogens with one attached hydrogen (secondary N) is 1. The number of carbonyl (C=O) groups excluding carboxylic acids is 2. The predicted molar refractivity (Wildman–Crippen MR) is 109 cm³/mol. The van der Waals surface area contributed by atoms with Gasteiger partial charge in [0.2, 0.25) is 11.8 Å². The monoisotopic (exact) mass is 399 g/mol. The molecule has 7 nitrogen and oxygen atoms in total. The second kappa shape index (κ2) is 10.1. The molecule has 0 saturated carbocycles. The Morgan fingerprint density at radius 2 is 2.07 bits per heavy atom. The zero-order valence-electron chi connectivity index (χ0n) is 17.1. The molecule has 2 heterocycles. The number of nitrogens with zero attached hydrogens (tertiary/aromatic N) is 2. The molecule has 2 aromatic rings. The highest BCUT2D eigenvalue weighted by Crippen LogP contribution is 2.23. The number of methoxy groups -OCH3 is 1. The van der Waals surface area contributed by atoms with Gasteiger partial charge < -0.3 is 19.4 Å². The number of oxazole rings is 1. The number of carbonyl (C=O) groups is 2. The molecule has 1 saturated heterocycles. The van der Waals surface area contributed by atoms with E-state index >= 15 is 0 Å². The van der Waals surface area contributed by atoms with Gasteiger partial charge in [-0.3, -0.25) is 9.59 Å². The molecule has 2 amide bonds. The number of aromatic nitrogens is 1. The molecule has 1 aliphatic rings. The lowest BCUT2D eigenvalue weighted by Gasteiger charge is -2.33. The van der Waals surface area contributed by atoms with Gasteiger partial charge in [-0.1, -0.05) is 6.92 Å². The van der Waals surface area contributed by atoms with Crippen molar-refractivity contribution in [1.29, 1.82) is 0 Å². The number of likely N-dealkylation sites (tertiary alicyclic amines) is 1. The number of piperidine rings is 1. The van der Waals surface area contributed by atoms with Crippen LogP contribution >= 0.6 is 0 Å². The standard InChI is InChI=1S/C22H29N3O4/c1-3-5-20(26)24-17-6-4-13-25(15-17)22(27)12-11-21-23-14-19(29-21)16-7-9-18(28-2)10-8-16/h7-10,14,17H,3-6,11-13,15H2,1-2H3,(H,24,26). The van der Waals surface area contributed by atoms with E-state index in [4.69, 9.17) is 9.15 Å². The highest BCUT2D eigenvalue weighted by Gasteiger charge is 2.24. The van der Waals surface area contributed by atoms with Crippen LogP contribution < -0.4 is 10.1 Å². The summed E-state index contributed by atoms with van der Waals surface area (Å²) in [6.45, 7) is 3.30. The van der Waals surface area contributed by atoms with Crippen molar-refractivity contribution in [1.82, 2.24) is 15.2 Å². The molecule has 0 spiro atoms. The van der Waals surface area contributed by atoms with Crippen molar-refractivity contribution < 1.29 is 18.7 Å². The predicted octanol–water partition coefficient (Wildman–Crippen LogP) is 3.19. The fourth-order valence-electron chi connectivity index (χ4n) is 3.53. The Balaban J connectivity index is 1.50. The first-order valence-electron chi connectivity index (χ1n) is 10.2. The van der Waals surface area contributed by atoms with E-state index in [1.165, 1.54) is 0 Å². The van der Waals surface area contributed by atoms with Crippen LogP contribution in [0.25, 0.3) is 11.3 Å². The van der Waals surface area contributed by atoms with E-state index in [2.05, 4.69) is 10.3 Å². The molecule has 0 radical (unpaired) electrons. The normalized spacial score (nSPS) is 16.5. The quantitative estimate of drug-likeness (QED) is 0.737. The zero-order valence-corrected chi connectivity index (χ0v) is 17.1. The van der Waals surface area contributed by atoms with Crippen molar-refractivity contribution in [2.24, 2.45) is 0 Å². The average Bonchev–Trinajstić information content (AvgIpc) is 3.21. The SMILES string of the molecule is CCCC(=O)NC1CCCN(C(=O)CCc2ncc(-c3ccc(OC)cc3)o2)C1. The Morgan fingerprint density at radius 3 is 2.79 bits per heavy atom. The molecular formula is C22H29N3O4. The maximum atomic E-state index is 12.6. The highest BCUT2D eigenvalue weighted by atomic mass is 16.5. The highest BCUT2D eigenvalue weighted by molar-refractivity contribution is 5.78. The number of amides is 2. The smallest absolute Gasteiger partial charge is 0.223 e. The lowest BCUT2D eigenvalue weighted by Crippen LogP contribution is -2.49. The van der Waals surface area contributed by atoms with Crippen LogP contribution in [0, 0.1) is 0 Å². The molecule has 29 heavy (non-hydrogen) atoms. The summed E-state index contributed by atoms with van der Waals surface area (Å²) < 4.78 is 11.0. The lowest BCUT2D eigenvalue weighted by molar-refractivity contribution is -0.133. The summed E-state index contributed by atoms with van der Waals surface area (Å²) in [5.74, 6) is 2.15. The topological polar surface area (TPSA) is 84.7 Å². The third kappa shape index (κ3) is 5.82. The van der Waals surface area contributed by atoms with Crippen LogP contribution in [-0.2, 0) is 16.0 Å². The Bertz CT molecular complexity index is 816. The molecule has 1 aromatic heterocycles. The molecule has 1 unspecified atom stereocenters. The molecule has 1 atom stereocenters. The molecule has 0 bridgehead atoms. The van der Waals surface area contributed by atoms with Crippen molar-refractivity contribution >= 4 is 11.8 Å². The van der Waals surface area contributed by atoms with Gasteiger partial charge in [-0.25, -0.2) is 4.98 Å². The Labute approximate surface area is 171 Å². The number of hydrogen-bond donors (Lipinski definition) is 1. The third-order valence-electron chi connectivity index (χ3n) is 5.10. The second-order valence-electron chi connectivity index (χ2n) is 7.34. The van der Waals surface area contributed by atoms with Gasteiger partial charge in [0.05, 0.1) is 13.3 Å². The Morgan fingerprint density at radius 1 is 1.28 bits per heavy atom. The number of benzene rings is 1. The fraction of sp³-hybridized carbons (Fsp3) is 0.500. The van der Waals surface area contributed by atoms with Gasteiger partial charge in [-0.15, -0.1) is 0 Å². The van der Waals surface area contributed by atoms with Gasteiger partial charge in [0.25, 0.3) is 0 Å². The average molecular weight is 399 g/mol. The first-order valence-corrected chi connectivity index (χ1v) is 10.2. The summed E-state index contributed by atoms with van der Waals surface area (Å²) in [7, 11) is 1.63. The lowest BCUT2D eigenvalue weighted by atomic mass is 10.0. The molecule has 7 heteroatoms. The van der Waals surface area contributed by atoms with Crippen LogP contribution in [0.15, 0.2) is 34.9 Å². The molecular weight excluding hydrogens is 370 g/mol. The number of aryl methyl sites for hydroxylation is 1. The molecule has 1 aliphatic heterocycles. The van der Waals surface area contributed by atoms with Gasteiger partial charge >= 0.3 is 0 Å². The van der Waals surface area contributed by atoms with Gasteiger partial charge in [0, 0.05) is 44.0 Å². The minimum absolute atomic E-state index is 0.0511. The maximum absolute atomic E-state index is 12.6. The van der Waals surface area contributed by atoms with E-state index in [9.17, 15) is 9.59 Å². The largest absolute Gasteiger partial charge is 0.497 e. The third-order valence-corrected chi connectivity index (χ3v) is 5.10. The number of ether oxygens (including phenoxy) is 1. The van der Waals surface area contributed by atoms with E-state index in [0.29, 0.717) is 37.5 Å². The number of rotatable bonds is 8. The molecule has 3 rings (SSSR count). The van der Waals surface area contributed by atoms with Crippen LogP contribution in [0.5, 0.6) is 5.75 Å². The first kappa shape index (κ1) is 20.9. The number of hydrogen-bond acceptors (Lipinski definition) is 5. The van der Waals surface area contributed by atoms with Crippen molar-refractivity contribution in [3.63, 3.8) is 0 Å². The van der Waals surface area contributed by atoms with Crippen LogP contribution in [0.3, 0.4) is 0 Å². The summed E-state index contributed by atoms with van der Waals surface area (Å²) in [5.41, 5.74) is 0.914.